The molecule has 0 amide bonds. The van der Waals surface area contributed by atoms with Crippen LogP contribution < -0.4 is 0 Å². The van der Waals surface area contributed by atoms with E-state index in [-0.39, 0.29) is 6.61 Å². The van der Waals surface area contributed by atoms with E-state index in [9.17, 15) is 8.42 Å². The molecule has 1 aromatic heterocycles. The number of aromatic nitrogens is 1. The molecule has 0 unspecified atom stereocenters. The summed E-state index contributed by atoms with van der Waals surface area (Å²) in [5.74, 6) is 0. The Labute approximate surface area is 94.0 Å². The molecule has 0 spiro atoms. The van der Waals surface area contributed by atoms with Crippen molar-refractivity contribution in [2.24, 2.45) is 0 Å². The minimum absolute atomic E-state index is 0.0435. The largest absolute Gasteiger partial charge is 0.265 e. The van der Waals surface area contributed by atoms with Gasteiger partial charge in [0.05, 0.1) is 18.4 Å². The third-order valence-electron chi connectivity index (χ3n) is 2.17. The van der Waals surface area contributed by atoms with Crippen LogP contribution in [-0.4, -0.2) is 19.7 Å². The molecule has 4 nitrogen and oxygen atoms in total. The molecule has 0 fully saturated rings. The van der Waals surface area contributed by atoms with Crippen LogP contribution in [-0.2, 0) is 20.9 Å². The Morgan fingerprint density at radius 2 is 2.00 bits per heavy atom. The molecule has 0 aliphatic carbocycles. The first kappa shape index (κ1) is 11.0. The van der Waals surface area contributed by atoms with Gasteiger partial charge in [0.1, 0.15) is 0 Å². The molecule has 5 heteroatoms. The third-order valence-corrected chi connectivity index (χ3v) is 2.71. The predicted octanol–water partition coefficient (Wildman–Crippen LogP) is 1.71. The lowest BCUT2D eigenvalue weighted by Gasteiger charge is -2.05. The highest BCUT2D eigenvalue weighted by Gasteiger charge is 2.05. The molecule has 0 saturated carbocycles. The van der Waals surface area contributed by atoms with Crippen LogP contribution in [0.1, 0.15) is 5.56 Å². The summed E-state index contributed by atoms with van der Waals surface area (Å²) in [7, 11) is -3.41. The molecule has 2 rings (SSSR count). The number of benzene rings is 1. The summed E-state index contributed by atoms with van der Waals surface area (Å²) in [6.45, 7) is 0.0435. The molecule has 0 saturated heterocycles. The third kappa shape index (κ3) is 2.56. The van der Waals surface area contributed by atoms with Crippen molar-refractivity contribution in [2.75, 3.05) is 6.26 Å². The van der Waals surface area contributed by atoms with E-state index in [1.165, 1.54) is 0 Å². The smallest absolute Gasteiger partial charge is 0.264 e. The molecule has 0 radical (unpaired) electrons. The lowest BCUT2D eigenvalue weighted by molar-refractivity contribution is 0.313. The molecule has 1 aromatic carbocycles. The van der Waals surface area contributed by atoms with Gasteiger partial charge in [0, 0.05) is 11.6 Å². The van der Waals surface area contributed by atoms with E-state index in [1.807, 2.05) is 24.3 Å². The molecule has 1 heterocycles. The highest BCUT2D eigenvalue weighted by atomic mass is 32.2. The lowest BCUT2D eigenvalue weighted by atomic mass is 10.1. The van der Waals surface area contributed by atoms with E-state index < -0.39 is 10.1 Å². The number of hydrogen-bond donors (Lipinski definition) is 0. The van der Waals surface area contributed by atoms with Crippen LogP contribution in [0.3, 0.4) is 0 Å². The van der Waals surface area contributed by atoms with Gasteiger partial charge in [-0.15, -0.1) is 0 Å². The minimum Gasteiger partial charge on any atom is -0.265 e. The maximum absolute atomic E-state index is 10.9. The summed E-state index contributed by atoms with van der Waals surface area (Å²) < 4.78 is 26.6. The topological polar surface area (TPSA) is 56.3 Å². The number of rotatable bonds is 3. The average Bonchev–Trinajstić information content (AvgIpc) is 2.25. The summed E-state index contributed by atoms with van der Waals surface area (Å²) in [6, 6.07) is 9.29. The molecule has 2 aromatic rings. The fraction of sp³-hybridized carbons (Fsp3) is 0.182. The van der Waals surface area contributed by atoms with Crippen molar-refractivity contribution >= 4 is 21.0 Å². The van der Waals surface area contributed by atoms with Crippen molar-refractivity contribution in [1.82, 2.24) is 4.98 Å². The highest BCUT2D eigenvalue weighted by molar-refractivity contribution is 7.85. The fourth-order valence-electron chi connectivity index (χ4n) is 1.45. The van der Waals surface area contributed by atoms with Crippen molar-refractivity contribution in [3.63, 3.8) is 0 Å². The van der Waals surface area contributed by atoms with Crippen LogP contribution in [0.25, 0.3) is 10.9 Å². The van der Waals surface area contributed by atoms with Gasteiger partial charge in [-0.3, -0.25) is 9.17 Å². The Hall–Kier alpha value is -1.46. The van der Waals surface area contributed by atoms with Crippen molar-refractivity contribution in [2.45, 2.75) is 6.61 Å². The first-order valence-electron chi connectivity index (χ1n) is 4.73. The molecular weight excluding hydrogens is 226 g/mol. The van der Waals surface area contributed by atoms with E-state index in [4.69, 9.17) is 4.18 Å². The van der Waals surface area contributed by atoms with Crippen LogP contribution in [0.2, 0.25) is 0 Å². The fourth-order valence-corrected chi connectivity index (χ4v) is 1.79. The minimum atomic E-state index is -3.41. The van der Waals surface area contributed by atoms with E-state index in [0.29, 0.717) is 0 Å². The van der Waals surface area contributed by atoms with E-state index in [0.717, 1.165) is 22.7 Å². The SMILES string of the molecule is CS(=O)(=O)OCc1ccnc2ccccc12. The predicted molar refractivity (Wildman–Crippen MR) is 61.4 cm³/mol. The second-order valence-electron chi connectivity index (χ2n) is 3.45. The molecule has 0 N–H and O–H groups in total. The molecule has 84 valence electrons. The monoisotopic (exact) mass is 237 g/mol. The molecule has 0 aliphatic heterocycles. The van der Waals surface area contributed by atoms with Gasteiger partial charge >= 0.3 is 0 Å². The van der Waals surface area contributed by atoms with Gasteiger partial charge in [-0.25, -0.2) is 0 Å². The van der Waals surface area contributed by atoms with E-state index >= 15 is 0 Å². The number of hydrogen-bond acceptors (Lipinski definition) is 4. The maximum Gasteiger partial charge on any atom is 0.264 e. The molecule has 0 aliphatic rings. The molecule has 0 bridgehead atoms. The van der Waals surface area contributed by atoms with Gasteiger partial charge in [0.15, 0.2) is 0 Å². The quantitative estimate of drug-likeness (QED) is 0.762. The summed E-state index contributed by atoms with van der Waals surface area (Å²) in [5.41, 5.74) is 1.65. The maximum atomic E-state index is 10.9. The number of nitrogens with zero attached hydrogens (tertiary/aromatic N) is 1. The Bertz CT molecular complexity index is 602. The zero-order valence-electron chi connectivity index (χ0n) is 8.75. The van der Waals surface area contributed by atoms with Gasteiger partial charge in [0.2, 0.25) is 0 Å². The zero-order valence-corrected chi connectivity index (χ0v) is 9.57. The summed E-state index contributed by atoms with van der Waals surface area (Å²) in [6.07, 6.45) is 2.68. The average molecular weight is 237 g/mol. The van der Waals surface area contributed by atoms with Crippen LogP contribution in [0, 0.1) is 0 Å². The second-order valence-corrected chi connectivity index (χ2v) is 5.10. The van der Waals surface area contributed by atoms with Crippen molar-refractivity contribution < 1.29 is 12.6 Å². The van der Waals surface area contributed by atoms with E-state index in [2.05, 4.69) is 4.98 Å². The van der Waals surface area contributed by atoms with Crippen LogP contribution in [0.5, 0.6) is 0 Å². The number of pyridine rings is 1. The molecule has 16 heavy (non-hydrogen) atoms. The Morgan fingerprint density at radius 1 is 1.25 bits per heavy atom. The van der Waals surface area contributed by atoms with E-state index in [1.54, 1.807) is 12.3 Å². The van der Waals surface area contributed by atoms with Crippen molar-refractivity contribution in [3.05, 3.63) is 42.1 Å². The standard InChI is InChI=1S/C11H11NO3S/c1-16(13,14)15-8-9-6-7-12-11-5-3-2-4-10(9)11/h2-7H,8H2,1H3. The Balaban J connectivity index is 2.38. The first-order valence-corrected chi connectivity index (χ1v) is 6.55. The summed E-state index contributed by atoms with van der Waals surface area (Å²) in [5, 5.41) is 0.911. The zero-order chi connectivity index (χ0) is 11.6. The Kier molecular flexibility index (Phi) is 2.89. The highest BCUT2D eigenvalue weighted by Crippen LogP contribution is 2.17. The lowest BCUT2D eigenvalue weighted by Crippen LogP contribution is -2.03. The van der Waals surface area contributed by atoms with Gasteiger partial charge in [-0.1, -0.05) is 18.2 Å². The normalized spacial score (nSPS) is 11.8. The molecule has 0 atom stereocenters. The van der Waals surface area contributed by atoms with Crippen LogP contribution >= 0.6 is 0 Å². The number of para-hydroxylation sites is 1. The summed E-state index contributed by atoms with van der Waals surface area (Å²) >= 11 is 0. The van der Waals surface area contributed by atoms with Gasteiger partial charge in [-0.2, -0.15) is 8.42 Å². The van der Waals surface area contributed by atoms with Crippen molar-refractivity contribution in [3.8, 4) is 0 Å². The van der Waals surface area contributed by atoms with Crippen LogP contribution in [0.4, 0.5) is 0 Å². The van der Waals surface area contributed by atoms with Gasteiger partial charge in [-0.05, 0) is 17.7 Å². The Morgan fingerprint density at radius 3 is 2.75 bits per heavy atom. The van der Waals surface area contributed by atoms with Crippen LogP contribution in [0.15, 0.2) is 36.5 Å². The van der Waals surface area contributed by atoms with Crippen molar-refractivity contribution in [1.29, 1.82) is 0 Å². The number of fused-ring (bicyclic) bond motifs is 1. The van der Waals surface area contributed by atoms with Gasteiger partial charge < -0.3 is 0 Å². The molecular formula is C11H11NO3S. The second kappa shape index (κ2) is 4.19. The summed E-state index contributed by atoms with van der Waals surface area (Å²) in [4.78, 5) is 4.18. The van der Waals surface area contributed by atoms with Gasteiger partial charge in [0.25, 0.3) is 10.1 Å². The first-order chi connectivity index (χ1) is 7.56.